The van der Waals surface area contributed by atoms with E-state index in [2.05, 4.69) is 11.4 Å². The molecule has 1 heterocycles. The summed E-state index contributed by atoms with van der Waals surface area (Å²) in [6, 6.07) is 6.47. The van der Waals surface area contributed by atoms with Crippen LogP contribution in [-0.2, 0) is 13.0 Å². The van der Waals surface area contributed by atoms with E-state index in [1.807, 2.05) is 12.1 Å². The van der Waals surface area contributed by atoms with Gasteiger partial charge in [0, 0.05) is 24.2 Å². The van der Waals surface area contributed by atoms with Crippen LogP contribution in [0, 0.1) is 0 Å². The summed E-state index contributed by atoms with van der Waals surface area (Å²) in [7, 11) is 0. The Hall–Kier alpha value is -0.570. The second-order valence-electron chi connectivity index (χ2n) is 3.43. The second kappa shape index (κ2) is 3.66. The molecule has 0 amide bonds. The molecule has 0 aromatic heterocycles. The monoisotopic (exact) mass is 196 g/mol. The summed E-state index contributed by atoms with van der Waals surface area (Å²) in [5.41, 5.74) is 8.28. The van der Waals surface area contributed by atoms with Gasteiger partial charge in [0.05, 0.1) is 0 Å². The van der Waals surface area contributed by atoms with E-state index < -0.39 is 0 Å². The molecule has 1 aliphatic rings. The average Bonchev–Trinajstić information content (AvgIpc) is 2.16. The molecule has 3 heteroatoms. The molecule has 2 nitrogen and oxygen atoms in total. The number of rotatable bonds is 1. The van der Waals surface area contributed by atoms with Crippen LogP contribution in [-0.4, -0.2) is 12.6 Å². The first-order valence-corrected chi connectivity index (χ1v) is 4.88. The van der Waals surface area contributed by atoms with Crippen LogP contribution in [0.1, 0.15) is 11.1 Å². The summed E-state index contributed by atoms with van der Waals surface area (Å²) in [5, 5.41) is 4.19. The van der Waals surface area contributed by atoms with Gasteiger partial charge in [-0.2, -0.15) is 0 Å². The molecule has 13 heavy (non-hydrogen) atoms. The van der Waals surface area contributed by atoms with Gasteiger partial charge in [0.1, 0.15) is 0 Å². The van der Waals surface area contributed by atoms with Crippen molar-refractivity contribution in [3.8, 4) is 0 Å². The summed E-state index contributed by atoms with van der Waals surface area (Å²) in [5.74, 6) is 0. The first-order valence-electron chi connectivity index (χ1n) is 4.50. The lowest BCUT2D eigenvalue weighted by Gasteiger charge is -2.25. The van der Waals surface area contributed by atoms with E-state index in [-0.39, 0.29) is 0 Å². The Kier molecular flexibility index (Phi) is 2.54. The van der Waals surface area contributed by atoms with Crippen LogP contribution in [0.4, 0.5) is 0 Å². The molecule has 1 aromatic carbocycles. The molecule has 70 valence electrons. The zero-order valence-corrected chi connectivity index (χ0v) is 8.14. The molecular weight excluding hydrogens is 184 g/mol. The molecule has 0 saturated carbocycles. The average molecular weight is 197 g/mol. The molecule has 1 aromatic rings. The number of hydrogen-bond donors (Lipinski definition) is 2. The fraction of sp³-hybridized carbons (Fsp3) is 0.400. The lowest BCUT2D eigenvalue weighted by molar-refractivity contribution is 0.487. The molecular formula is C10H13ClN2. The van der Waals surface area contributed by atoms with Gasteiger partial charge in [0.25, 0.3) is 0 Å². The Morgan fingerprint density at radius 2 is 2.31 bits per heavy atom. The third-order valence-electron chi connectivity index (χ3n) is 2.50. The van der Waals surface area contributed by atoms with Gasteiger partial charge in [0.15, 0.2) is 0 Å². The molecule has 1 aliphatic heterocycles. The maximum atomic E-state index is 5.92. The predicted octanol–water partition coefficient (Wildman–Crippen LogP) is 1.31. The highest BCUT2D eigenvalue weighted by Gasteiger charge is 2.16. The molecule has 2 rings (SSSR count). The second-order valence-corrected chi connectivity index (χ2v) is 3.87. The number of halogens is 1. The van der Waals surface area contributed by atoms with Crippen molar-refractivity contribution in [3.63, 3.8) is 0 Å². The van der Waals surface area contributed by atoms with E-state index in [0.717, 1.165) is 18.0 Å². The van der Waals surface area contributed by atoms with E-state index >= 15 is 0 Å². The third-order valence-corrected chi connectivity index (χ3v) is 2.74. The highest BCUT2D eigenvalue weighted by Crippen LogP contribution is 2.20. The maximum absolute atomic E-state index is 5.92. The largest absolute Gasteiger partial charge is 0.329 e. The number of fused-ring (bicyclic) bond motifs is 1. The molecule has 0 radical (unpaired) electrons. The first-order chi connectivity index (χ1) is 6.29. The lowest BCUT2D eigenvalue weighted by Crippen LogP contribution is -2.40. The van der Waals surface area contributed by atoms with Crippen molar-refractivity contribution >= 4 is 11.6 Å². The Labute approximate surface area is 83.1 Å². The van der Waals surface area contributed by atoms with Crippen LogP contribution >= 0.6 is 11.6 Å². The van der Waals surface area contributed by atoms with E-state index in [9.17, 15) is 0 Å². The molecule has 0 bridgehead atoms. The van der Waals surface area contributed by atoms with Crippen LogP contribution in [0.2, 0.25) is 5.02 Å². The van der Waals surface area contributed by atoms with Crippen LogP contribution in [0.15, 0.2) is 18.2 Å². The molecule has 1 unspecified atom stereocenters. The standard InChI is InChI=1S/C10H13ClN2/c11-9-2-1-7-6-13-10(5-12)4-8(7)3-9/h1-3,10,13H,4-6,12H2. The highest BCUT2D eigenvalue weighted by atomic mass is 35.5. The van der Waals surface area contributed by atoms with Gasteiger partial charge in [-0.15, -0.1) is 0 Å². The van der Waals surface area contributed by atoms with E-state index in [0.29, 0.717) is 12.6 Å². The molecule has 0 fully saturated rings. The molecule has 1 atom stereocenters. The van der Waals surface area contributed by atoms with Gasteiger partial charge in [-0.25, -0.2) is 0 Å². The molecule has 0 saturated heterocycles. The van der Waals surface area contributed by atoms with Crippen molar-refractivity contribution in [2.24, 2.45) is 5.73 Å². The number of nitrogens with two attached hydrogens (primary N) is 1. The minimum absolute atomic E-state index is 0.408. The van der Waals surface area contributed by atoms with Gasteiger partial charge >= 0.3 is 0 Å². The van der Waals surface area contributed by atoms with E-state index in [1.54, 1.807) is 0 Å². The summed E-state index contributed by atoms with van der Waals surface area (Å²) in [4.78, 5) is 0. The fourth-order valence-electron chi connectivity index (χ4n) is 1.72. The lowest BCUT2D eigenvalue weighted by atomic mass is 9.96. The predicted molar refractivity (Wildman–Crippen MR) is 54.8 cm³/mol. The van der Waals surface area contributed by atoms with E-state index in [4.69, 9.17) is 17.3 Å². The van der Waals surface area contributed by atoms with Gasteiger partial charge in [-0.05, 0) is 29.7 Å². The van der Waals surface area contributed by atoms with Crippen molar-refractivity contribution in [2.75, 3.05) is 6.54 Å². The highest BCUT2D eigenvalue weighted by molar-refractivity contribution is 6.30. The van der Waals surface area contributed by atoms with Crippen LogP contribution in [0.25, 0.3) is 0 Å². The first kappa shape index (κ1) is 9.00. The Morgan fingerprint density at radius 1 is 1.46 bits per heavy atom. The quantitative estimate of drug-likeness (QED) is 0.711. The van der Waals surface area contributed by atoms with Gasteiger partial charge < -0.3 is 11.1 Å². The smallest absolute Gasteiger partial charge is 0.0408 e. The number of nitrogens with one attached hydrogen (secondary N) is 1. The Bertz CT molecular complexity index is 312. The summed E-state index contributed by atoms with van der Waals surface area (Å²) >= 11 is 5.92. The van der Waals surface area contributed by atoms with Crippen molar-refractivity contribution < 1.29 is 0 Å². The van der Waals surface area contributed by atoms with Gasteiger partial charge in [0.2, 0.25) is 0 Å². The maximum Gasteiger partial charge on any atom is 0.0408 e. The van der Waals surface area contributed by atoms with Crippen molar-refractivity contribution in [3.05, 3.63) is 34.3 Å². The zero-order chi connectivity index (χ0) is 9.26. The molecule has 3 N–H and O–H groups in total. The summed E-state index contributed by atoms with van der Waals surface area (Å²) < 4.78 is 0. The van der Waals surface area contributed by atoms with Crippen molar-refractivity contribution in [2.45, 2.75) is 19.0 Å². The minimum Gasteiger partial charge on any atom is -0.329 e. The molecule has 0 spiro atoms. The Morgan fingerprint density at radius 3 is 3.08 bits per heavy atom. The van der Waals surface area contributed by atoms with Crippen LogP contribution < -0.4 is 11.1 Å². The van der Waals surface area contributed by atoms with Crippen molar-refractivity contribution in [1.29, 1.82) is 0 Å². The minimum atomic E-state index is 0.408. The summed E-state index contributed by atoms with van der Waals surface area (Å²) in [6.07, 6.45) is 0.992. The third kappa shape index (κ3) is 1.85. The zero-order valence-electron chi connectivity index (χ0n) is 7.39. The summed E-state index contributed by atoms with van der Waals surface area (Å²) in [6.45, 7) is 1.60. The topological polar surface area (TPSA) is 38.0 Å². The van der Waals surface area contributed by atoms with Gasteiger partial charge in [-0.1, -0.05) is 17.7 Å². The number of benzene rings is 1. The van der Waals surface area contributed by atoms with Gasteiger partial charge in [-0.3, -0.25) is 0 Å². The fourth-order valence-corrected chi connectivity index (χ4v) is 1.91. The Balaban J connectivity index is 2.27. The van der Waals surface area contributed by atoms with Crippen LogP contribution in [0.3, 0.4) is 0 Å². The van der Waals surface area contributed by atoms with E-state index in [1.165, 1.54) is 11.1 Å². The van der Waals surface area contributed by atoms with Crippen molar-refractivity contribution in [1.82, 2.24) is 5.32 Å². The number of hydrogen-bond acceptors (Lipinski definition) is 2. The van der Waals surface area contributed by atoms with Crippen LogP contribution in [0.5, 0.6) is 0 Å². The normalized spacial score (nSPS) is 21.2. The molecule has 0 aliphatic carbocycles. The SMILES string of the molecule is NCC1Cc2cc(Cl)ccc2CN1.